The van der Waals surface area contributed by atoms with E-state index in [-0.39, 0.29) is 0 Å². The Morgan fingerprint density at radius 3 is 2.95 bits per heavy atom. The fourth-order valence-electron chi connectivity index (χ4n) is 2.11. The van der Waals surface area contributed by atoms with Crippen LogP contribution in [0.5, 0.6) is 5.75 Å². The molecule has 0 saturated carbocycles. The molecule has 3 rings (SSSR count). The number of rotatable bonds is 3. The van der Waals surface area contributed by atoms with Gasteiger partial charge in [-0.25, -0.2) is 4.79 Å². The van der Waals surface area contributed by atoms with Crippen LogP contribution in [0, 0.1) is 6.92 Å². The van der Waals surface area contributed by atoms with Crippen molar-refractivity contribution in [1.82, 2.24) is 4.98 Å². The molecule has 0 saturated heterocycles. The number of aryl methyl sites for hydroxylation is 1. The minimum absolute atomic E-state index is 0.378. The number of hydrogen-bond donors (Lipinski definition) is 0. The van der Waals surface area contributed by atoms with E-state index >= 15 is 0 Å². The van der Waals surface area contributed by atoms with E-state index in [0.717, 1.165) is 11.1 Å². The third-order valence-electron chi connectivity index (χ3n) is 3.18. The molecule has 0 unspecified atom stereocenters. The number of pyridine rings is 1. The van der Waals surface area contributed by atoms with Crippen LogP contribution in [0.2, 0.25) is 5.02 Å². The van der Waals surface area contributed by atoms with Crippen molar-refractivity contribution in [1.29, 1.82) is 0 Å². The van der Waals surface area contributed by atoms with Crippen LogP contribution in [0.1, 0.15) is 11.1 Å². The molecule has 0 bridgehead atoms. The molecule has 2 heterocycles. The molecule has 0 atom stereocenters. The van der Waals surface area contributed by atoms with Crippen LogP contribution in [-0.2, 0) is 6.61 Å². The Morgan fingerprint density at radius 1 is 1.33 bits per heavy atom. The van der Waals surface area contributed by atoms with Gasteiger partial charge in [-0.2, -0.15) is 0 Å². The second-order valence-corrected chi connectivity index (χ2v) is 5.04. The summed E-state index contributed by atoms with van der Waals surface area (Å²) in [5, 5.41) is 1.07. The highest BCUT2D eigenvalue weighted by Gasteiger charge is 2.11. The van der Waals surface area contributed by atoms with Crippen molar-refractivity contribution in [3.63, 3.8) is 0 Å². The summed E-state index contributed by atoms with van der Waals surface area (Å²) in [6, 6.07) is 8.65. The molecule has 0 aliphatic rings. The first-order chi connectivity index (χ1) is 10.1. The zero-order valence-electron chi connectivity index (χ0n) is 11.3. The Kier molecular flexibility index (Phi) is 3.62. The first-order valence-corrected chi connectivity index (χ1v) is 6.77. The van der Waals surface area contributed by atoms with Crippen molar-refractivity contribution in [3.05, 3.63) is 69.3 Å². The lowest BCUT2D eigenvalue weighted by Crippen LogP contribution is -2.00. The van der Waals surface area contributed by atoms with Gasteiger partial charge in [-0.3, -0.25) is 4.98 Å². The van der Waals surface area contributed by atoms with E-state index in [2.05, 4.69) is 4.98 Å². The van der Waals surface area contributed by atoms with Crippen LogP contribution in [0.15, 0.2) is 51.9 Å². The third-order valence-corrected chi connectivity index (χ3v) is 3.49. The molecule has 21 heavy (non-hydrogen) atoms. The summed E-state index contributed by atoms with van der Waals surface area (Å²) in [4.78, 5) is 15.5. The van der Waals surface area contributed by atoms with Gasteiger partial charge in [-0.15, -0.1) is 0 Å². The van der Waals surface area contributed by atoms with E-state index in [1.165, 1.54) is 6.07 Å². The van der Waals surface area contributed by atoms with Crippen molar-refractivity contribution >= 4 is 22.6 Å². The molecule has 0 amide bonds. The predicted octanol–water partition coefficient (Wildman–Crippen LogP) is 3.73. The summed E-state index contributed by atoms with van der Waals surface area (Å²) in [5.41, 5.74) is 1.69. The lowest BCUT2D eigenvalue weighted by atomic mass is 10.1. The highest BCUT2D eigenvalue weighted by Crippen LogP contribution is 2.30. The molecule has 5 heteroatoms. The van der Waals surface area contributed by atoms with Gasteiger partial charge in [0.25, 0.3) is 0 Å². The number of fused-ring (bicyclic) bond motifs is 1. The van der Waals surface area contributed by atoms with Crippen LogP contribution in [0.25, 0.3) is 11.0 Å². The fourth-order valence-corrected chi connectivity index (χ4v) is 2.34. The number of nitrogens with zero attached hydrogens (tertiary/aromatic N) is 1. The molecular weight excluding hydrogens is 290 g/mol. The SMILES string of the molecule is Cc1c(OCc2cccnc2)ccc2c(Cl)cc(=O)oc12. The second kappa shape index (κ2) is 5.58. The number of aromatic nitrogens is 1. The number of hydrogen-bond acceptors (Lipinski definition) is 4. The molecule has 2 aromatic heterocycles. The fraction of sp³-hybridized carbons (Fsp3) is 0.125. The minimum atomic E-state index is -0.472. The largest absolute Gasteiger partial charge is 0.488 e. The summed E-state index contributed by atoms with van der Waals surface area (Å²) < 4.78 is 11.0. The molecule has 0 fully saturated rings. The van der Waals surface area contributed by atoms with Crippen LogP contribution >= 0.6 is 11.6 Å². The van der Waals surface area contributed by atoms with Gasteiger partial charge in [-0.1, -0.05) is 17.7 Å². The topological polar surface area (TPSA) is 52.3 Å². The number of ether oxygens (including phenoxy) is 1. The molecule has 106 valence electrons. The smallest absolute Gasteiger partial charge is 0.337 e. The monoisotopic (exact) mass is 301 g/mol. The Bertz CT molecular complexity index is 843. The van der Waals surface area contributed by atoms with Gasteiger partial charge >= 0.3 is 5.63 Å². The minimum Gasteiger partial charge on any atom is -0.488 e. The molecule has 3 aromatic rings. The Balaban J connectivity index is 1.97. The van der Waals surface area contributed by atoms with E-state index in [9.17, 15) is 4.79 Å². The lowest BCUT2D eigenvalue weighted by molar-refractivity contribution is 0.303. The first kappa shape index (κ1) is 13.6. The summed E-state index contributed by atoms with van der Waals surface area (Å²) in [6.45, 7) is 2.23. The lowest BCUT2D eigenvalue weighted by Gasteiger charge is -2.10. The number of benzene rings is 1. The highest BCUT2D eigenvalue weighted by molar-refractivity contribution is 6.35. The van der Waals surface area contributed by atoms with E-state index in [1.54, 1.807) is 18.5 Å². The van der Waals surface area contributed by atoms with E-state index in [4.69, 9.17) is 20.8 Å². The van der Waals surface area contributed by atoms with Gasteiger partial charge in [0.05, 0.1) is 5.02 Å². The molecule has 0 aliphatic heterocycles. The van der Waals surface area contributed by atoms with Crippen molar-refractivity contribution in [2.45, 2.75) is 13.5 Å². The zero-order chi connectivity index (χ0) is 14.8. The van der Waals surface area contributed by atoms with Crippen molar-refractivity contribution < 1.29 is 9.15 Å². The summed E-state index contributed by atoms with van der Waals surface area (Å²) >= 11 is 6.05. The molecule has 0 radical (unpaired) electrons. The Hall–Kier alpha value is -2.33. The third kappa shape index (κ3) is 2.76. The van der Waals surface area contributed by atoms with E-state index < -0.39 is 5.63 Å². The molecule has 0 spiro atoms. The Morgan fingerprint density at radius 2 is 2.19 bits per heavy atom. The average Bonchev–Trinajstić information content (AvgIpc) is 2.48. The molecule has 4 nitrogen and oxygen atoms in total. The quantitative estimate of drug-likeness (QED) is 0.692. The van der Waals surface area contributed by atoms with Gasteiger partial charge in [-0.05, 0) is 25.1 Å². The van der Waals surface area contributed by atoms with Crippen molar-refractivity contribution in [2.24, 2.45) is 0 Å². The standard InChI is InChI=1S/C16H12ClNO3/c1-10-14(20-9-11-3-2-6-18-8-11)5-4-12-13(17)7-15(19)21-16(10)12/h2-8H,9H2,1H3. The van der Waals surface area contributed by atoms with E-state index in [1.807, 2.05) is 25.1 Å². The summed E-state index contributed by atoms with van der Waals surface area (Å²) in [5.74, 6) is 0.650. The maximum absolute atomic E-state index is 11.4. The van der Waals surface area contributed by atoms with Crippen LogP contribution in [0.3, 0.4) is 0 Å². The number of halogens is 1. The Labute approximate surface area is 126 Å². The van der Waals surface area contributed by atoms with Gasteiger partial charge in [0, 0.05) is 35.0 Å². The average molecular weight is 302 g/mol. The molecule has 0 aliphatic carbocycles. The molecular formula is C16H12ClNO3. The van der Waals surface area contributed by atoms with E-state index in [0.29, 0.717) is 28.3 Å². The van der Waals surface area contributed by atoms with Crippen LogP contribution in [-0.4, -0.2) is 4.98 Å². The van der Waals surface area contributed by atoms with Crippen molar-refractivity contribution in [3.8, 4) is 5.75 Å². The second-order valence-electron chi connectivity index (χ2n) is 4.63. The van der Waals surface area contributed by atoms with Gasteiger partial charge < -0.3 is 9.15 Å². The molecule has 1 aromatic carbocycles. The van der Waals surface area contributed by atoms with Gasteiger partial charge in [0.1, 0.15) is 17.9 Å². The van der Waals surface area contributed by atoms with Crippen molar-refractivity contribution in [2.75, 3.05) is 0 Å². The highest BCUT2D eigenvalue weighted by atomic mass is 35.5. The summed E-state index contributed by atoms with van der Waals surface area (Å²) in [6.07, 6.45) is 3.45. The molecule has 0 N–H and O–H groups in total. The van der Waals surface area contributed by atoms with Crippen LogP contribution in [0.4, 0.5) is 0 Å². The maximum atomic E-state index is 11.4. The van der Waals surface area contributed by atoms with Gasteiger partial charge in [0.2, 0.25) is 0 Å². The first-order valence-electron chi connectivity index (χ1n) is 6.40. The zero-order valence-corrected chi connectivity index (χ0v) is 12.1. The van der Waals surface area contributed by atoms with Gasteiger partial charge in [0.15, 0.2) is 0 Å². The summed E-state index contributed by atoms with van der Waals surface area (Å²) in [7, 11) is 0. The van der Waals surface area contributed by atoms with Crippen LogP contribution < -0.4 is 10.4 Å². The maximum Gasteiger partial charge on any atom is 0.337 e. The predicted molar refractivity (Wildman–Crippen MR) is 80.8 cm³/mol. The normalized spacial score (nSPS) is 10.8.